The first-order valence-corrected chi connectivity index (χ1v) is 10.3. The molecule has 1 aromatic rings. The number of urea groups is 1. The Labute approximate surface area is 170 Å². The standard InChI is InChI=1S/C22H38N4O2/c1-17-14-26(15-18(2)28-17)22(3,4)16-24-21(27)23-13-20(25(5)6)12-19-10-8-7-9-11-19/h7-11,17-18,20H,12-16H2,1-6H3,(H2,23,24,27). The van der Waals surface area contributed by atoms with Crippen molar-refractivity contribution in [3.05, 3.63) is 35.9 Å². The molecule has 28 heavy (non-hydrogen) atoms. The fraction of sp³-hybridized carbons (Fsp3) is 0.682. The fourth-order valence-electron chi connectivity index (χ4n) is 3.68. The highest BCUT2D eigenvalue weighted by Crippen LogP contribution is 2.20. The molecule has 0 spiro atoms. The summed E-state index contributed by atoms with van der Waals surface area (Å²) in [7, 11) is 4.11. The molecule has 2 amide bonds. The number of ether oxygens (including phenoxy) is 1. The molecule has 158 valence electrons. The lowest BCUT2D eigenvalue weighted by Gasteiger charge is -2.45. The minimum Gasteiger partial charge on any atom is -0.373 e. The van der Waals surface area contributed by atoms with E-state index in [2.05, 4.69) is 86.5 Å². The zero-order valence-corrected chi connectivity index (χ0v) is 18.4. The minimum absolute atomic E-state index is 0.109. The van der Waals surface area contributed by atoms with Gasteiger partial charge in [0.1, 0.15) is 0 Å². The Kier molecular flexibility index (Phi) is 8.28. The summed E-state index contributed by atoms with van der Waals surface area (Å²) in [5, 5.41) is 6.10. The Morgan fingerprint density at radius 3 is 2.36 bits per heavy atom. The first-order valence-electron chi connectivity index (χ1n) is 10.3. The van der Waals surface area contributed by atoms with Crippen LogP contribution in [-0.2, 0) is 11.2 Å². The molecule has 6 heteroatoms. The molecule has 0 aromatic heterocycles. The Bertz CT molecular complexity index is 596. The number of rotatable bonds is 8. The van der Waals surface area contributed by atoms with Crippen molar-refractivity contribution < 1.29 is 9.53 Å². The second kappa shape index (κ2) is 10.2. The van der Waals surface area contributed by atoms with Gasteiger partial charge in [-0.2, -0.15) is 0 Å². The van der Waals surface area contributed by atoms with Gasteiger partial charge in [0.25, 0.3) is 0 Å². The van der Waals surface area contributed by atoms with Crippen molar-refractivity contribution >= 4 is 6.03 Å². The number of morpholine rings is 1. The Morgan fingerprint density at radius 1 is 1.18 bits per heavy atom. The number of carbonyl (C=O) groups excluding carboxylic acids is 1. The molecule has 6 nitrogen and oxygen atoms in total. The van der Waals surface area contributed by atoms with Crippen LogP contribution in [0.1, 0.15) is 33.3 Å². The summed E-state index contributed by atoms with van der Waals surface area (Å²) >= 11 is 0. The topological polar surface area (TPSA) is 56.8 Å². The fourth-order valence-corrected chi connectivity index (χ4v) is 3.68. The van der Waals surface area contributed by atoms with E-state index in [9.17, 15) is 4.79 Å². The molecular weight excluding hydrogens is 352 g/mol. The Morgan fingerprint density at radius 2 is 1.79 bits per heavy atom. The summed E-state index contributed by atoms with van der Waals surface area (Å²) in [6, 6.07) is 10.5. The average Bonchev–Trinajstić information content (AvgIpc) is 2.63. The van der Waals surface area contributed by atoms with E-state index in [0.717, 1.165) is 19.5 Å². The lowest BCUT2D eigenvalue weighted by Crippen LogP contribution is -2.59. The molecule has 0 bridgehead atoms. The molecule has 0 radical (unpaired) electrons. The average molecular weight is 391 g/mol. The third-order valence-corrected chi connectivity index (χ3v) is 5.50. The SMILES string of the molecule is CC1CN(C(C)(C)CNC(=O)NCC(Cc2ccccc2)N(C)C)CC(C)O1. The molecule has 3 unspecified atom stereocenters. The van der Waals surface area contributed by atoms with E-state index in [1.807, 2.05) is 6.07 Å². The van der Waals surface area contributed by atoms with Crippen LogP contribution in [-0.4, -0.2) is 79.9 Å². The van der Waals surface area contributed by atoms with Gasteiger partial charge in [0.05, 0.1) is 12.2 Å². The molecule has 3 atom stereocenters. The first-order chi connectivity index (χ1) is 13.2. The second-order valence-corrected chi connectivity index (χ2v) is 8.85. The summed E-state index contributed by atoms with van der Waals surface area (Å²) in [6.45, 7) is 11.6. The van der Waals surface area contributed by atoms with Gasteiger partial charge in [-0.3, -0.25) is 4.90 Å². The van der Waals surface area contributed by atoms with Crippen LogP contribution in [0.4, 0.5) is 4.79 Å². The highest BCUT2D eigenvalue weighted by molar-refractivity contribution is 5.73. The molecule has 1 heterocycles. The predicted molar refractivity (Wildman–Crippen MR) is 115 cm³/mol. The monoisotopic (exact) mass is 390 g/mol. The molecule has 1 saturated heterocycles. The summed E-state index contributed by atoms with van der Waals surface area (Å²) in [5.74, 6) is 0. The zero-order chi connectivity index (χ0) is 20.7. The molecule has 2 N–H and O–H groups in total. The number of hydrogen-bond donors (Lipinski definition) is 2. The van der Waals surface area contributed by atoms with Crippen LogP contribution in [0.2, 0.25) is 0 Å². The van der Waals surface area contributed by atoms with Crippen LogP contribution in [0.3, 0.4) is 0 Å². The minimum atomic E-state index is -0.116. The second-order valence-electron chi connectivity index (χ2n) is 8.85. The number of nitrogens with one attached hydrogen (secondary N) is 2. The molecule has 1 fully saturated rings. The van der Waals surface area contributed by atoms with Crippen molar-refractivity contribution in [3.8, 4) is 0 Å². The smallest absolute Gasteiger partial charge is 0.314 e. The van der Waals surface area contributed by atoms with Gasteiger partial charge in [-0.1, -0.05) is 30.3 Å². The van der Waals surface area contributed by atoms with Gasteiger partial charge < -0.3 is 20.3 Å². The number of carbonyl (C=O) groups is 1. The van der Waals surface area contributed by atoms with Gasteiger partial charge in [-0.05, 0) is 53.8 Å². The number of nitrogens with zero attached hydrogens (tertiary/aromatic N) is 2. The molecule has 1 aliphatic heterocycles. The maximum atomic E-state index is 12.4. The van der Waals surface area contributed by atoms with Gasteiger partial charge in [-0.25, -0.2) is 4.79 Å². The number of amides is 2. The third-order valence-electron chi connectivity index (χ3n) is 5.50. The van der Waals surface area contributed by atoms with Crippen LogP contribution in [0.15, 0.2) is 30.3 Å². The van der Waals surface area contributed by atoms with E-state index < -0.39 is 0 Å². The summed E-state index contributed by atoms with van der Waals surface area (Å²) in [5.41, 5.74) is 1.16. The third kappa shape index (κ3) is 7.08. The summed E-state index contributed by atoms with van der Waals surface area (Å²) < 4.78 is 5.83. The number of hydrogen-bond acceptors (Lipinski definition) is 4. The normalized spacial score (nSPS) is 22.1. The van der Waals surface area contributed by atoms with Crippen molar-refractivity contribution in [2.24, 2.45) is 0 Å². The van der Waals surface area contributed by atoms with Gasteiger partial charge in [0.2, 0.25) is 0 Å². The van der Waals surface area contributed by atoms with Crippen molar-refractivity contribution in [2.75, 3.05) is 40.3 Å². The Hall–Kier alpha value is -1.63. The largest absolute Gasteiger partial charge is 0.373 e. The van der Waals surface area contributed by atoms with E-state index in [1.165, 1.54) is 5.56 Å². The molecule has 0 saturated carbocycles. The van der Waals surface area contributed by atoms with E-state index in [0.29, 0.717) is 13.1 Å². The number of benzene rings is 1. The van der Waals surface area contributed by atoms with Gasteiger partial charge in [0.15, 0.2) is 0 Å². The molecule has 1 aromatic carbocycles. The van der Waals surface area contributed by atoms with Gasteiger partial charge in [-0.15, -0.1) is 0 Å². The van der Waals surface area contributed by atoms with E-state index >= 15 is 0 Å². The van der Waals surface area contributed by atoms with Crippen molar-refractivity contribution in [3.63, 3.8) is 0 Å². The highest BCUT2D eigenvalue weighted by atomic mass is 16.5. The Balaban J connectivity index is 1.80. The lowest BCUT2D eigenvalue weighted by atomic mass is 10.00. The van der Waals surface area contributed by atoms with E-state index in [4.69, 9.17) is 4.74 Å². The van der Waals surface area contributed by atoms with Crippen LogP contribution in [0, 0.1) is 0 Å². The highest BCUT2D eigenvalue weighted by Gasteiger charge is 2.33. The first kappa shape index (κ1) is 22.7. The van der Waals surface area contributed by atoms with Crippen LogP contribution < -0.4 is 10.6 Å². The zero-order valence-electron chi connectivity index (χ0n) is 18.4. The van der Waals surface area contributed by atoms with Gasteiger partial charge >= 0.3 is 6.03 Å². The molecule has 0 aliphatic carbocycles. The number of likely N-dealkylation sites (N-methyl/N-ethyl adjacent to an activating group) is 1. The van der Waals surface area contributed by atoms with Crippen LogP contribution >= 0.6 is 0 Å². The van der Waals surface area contributed by atoms with Crippen LogP contribution in [0.25, 0.3) is 0 Å². The summed E-state index contributed by atoms with van der Waals surface area (Å²) in [6.07, 6.45) is 1.34. The van der Waals surface area contributed by atoms with E-state index in [-0.39, 0.29) is 29.8 Å². The quantitative estimate of drug-likeness (QED) is 0.715. The predicted octanol–water partition coefficient (Wildman–Crippen LogP) is 2.35. The lowest BCUT2D eigenvalue weighted by molar-refractivity contribution is -0.0947. The maximum Gasteiger partial charge on any atom is 0.314 e. The van der Waals surface area contributed by atoms with Crippen molar-refractivity contribution in [2.45, 2.75) is 57.9 Å². The van der Waals surface area contributed by atoms with E-state index in [1.54, 1.807) is 0 Å². The van der Waals surface area contributed by atoms with Gasteiger partial charge in [0, 0.05) is 37.8 Å². The molecule has 2 rings (SSSR count). The summed E-state index contributed by atoms with van der Waals surface area (Å²) in [4.78, 5) is 17.0. The van der Waals surface area contributed by atoms with Crippen molar-refractivity contribution in [1.82, 2.24) is 20.4 Å². The van der Waals surface area contributed by atoms with Crippen molar-refractivity contribution in [1.29, 1.82) is 0 Å². The van der Waals surface area contributed by atoms with Crippen LogP contribution in [0.5, 0.6) is 0 Å². The maximum absolute atomic E-state index is 12.4. The molecule has 1 aliphatic rings. The molecular formula is C22H38N4O2.